The topological polar surface area (TPSA) is 82.8 Å². The number of rotatable bonds is 2. The summed E-state index contributed by atoms with van der Waals surface area (Å²) in [5, 5.41) is 17.2. The molecule has 14 heavy (non-hydrogen) atoms. The molecule has 0 unspecified atom stereocenters. The summed E-state index contributed by atoms with van der Waals surface area (Å²) in [6.07, 6.45) is 0.181. The smallest absolute Gasteiger partial charge is 0.126 e. The highest BCUT2D eigenvalue weighted by Gasteiger charge is 2.08. The van der Waals surface area contributed by atoms with Gasteiger partial charge in [-0.25, -0.2) is 0 Å². The second-order valence-corrected chi connectivity index (χ2v) is 2.69. The van der Waals surface area contributed by atoms with Gasteiger partial charge in [0.2, 0.25) is 0 Å². The Morgan fingerprint density at radius 1 is 1.43 bits per heavy atom. The molecule has 0 heterocycles. The summed E-state index contributed by atoms with van der Waals surface area (Å²) in [6.45, 7) is 0. The Hall–Kier alpha value is -2.20. The summed E-state index contributed by atoms with van der Waals surface area (Å²) in [7, 11) is 1.48. The Kier molecular flexibility index (Phi) is 2.93. The molecular weight excluding hydrogens is 178 g/mol. The van der Waals surface area contributed by atoms with Crippen LogP contribution in [0.4, 0.5) is 5.69 Å². The highest BCUT2D eigenvalue weighted by Crippen LogP contribution is 2.26. The Bertz CT molecular complexity index is 426. The fraction of sp³-hybridized carbons (Fsp3) is 0.200. The van der Waals surface area contributed by atoms with E-state index in [1.54, 1.807) is 6.07 Å². The average Bonchev–Trinajstić information content (AvgIpc) is 2.20. The van der Waals surface area contributed by atoms with E-state index in [1.807, 2.05) is 12.1 Å². The van der Waals surface area contributed by atoms with Crippen molar-refractivity contribution in [2.75, 3.05) is 12.8 Å². The molecule has 0 bridgehead atoms. The Labute approximate surface area is 82.1 Å². The van der Waals surface area contributed by atoms with Crippen LogP contribution in [0.15, 0.2) is 12.1 Å². The SMILES string of the molecule is COc1cc(C#N)cc(N)c1CC#N. The number of nitriles is 2. The second-order valence-electron chi connectivity index (χ2n) is 2.69. The van der Waals surface area contributed by atoms with Gasteiger partial charge in [-0.05, 0) is 12.1 Å². The molecule has 2 N–H and O–H groups in total. The minimum absolute atomic E-state index is 0.181. The lowest BCUT2D eigenvalue weighted by atomic mass is 10.1. The summed E-state index contributed by atoms with van der Waals surface area (Å²) in [4.78, 5) is 0. The van der Waals surface area contributed by atoms with E-state index in [9.17, 15) is 0 Å². The molecule has 1 rings (SSSR count). The zero-order chi connectivity index (χ0) is 10.6. The third-order valence-corrected chi connectivity index (χ3v) is 1.85. The van der Waals surface area contributed by atoms with Crippen molar-refractivity contribution in [3.63, 3.8) is 0 Å². The van der Waals surface area contributed by atoms with E-state index in [1.165, 1.54) is 13.2 Å². The highest BCUT2D eigenvalue weighted by molar-refractivity contribution is 5.59. The van der Waals surface area contributed by atoms with Crippen LogP contribution in [-0.4, -0.2) is 7.11 Å². The van der Waals surface area contributed by atoms with Gasteiger partial charge in [-0.1, -0.05) is 0 Å². The third-order valence-electron chi connectivity index (χ3n) is 1.85. The zero-order valence-electron chi connectivity index (χ0n) is 7.74. The van der Waals surface area contributed by atoms with Crippen LogP contribution < -0.4 is 10.5 Å². The summed E-state index contributed by atoms with van der Waals surface area (Å²) in [5.74, 6) is 0.489. The first kappa shape index (κ1) is 9.88. The molecule has 0 radical (unpaired) electrons. The Morgan fingerprint density at radius 3 is 2.64 bits per heavy atom. The number of methoxy groups -OCH3 is 1. The lowest BCUT2D eigenvalue weighted by Crippen LogP contribution is -1.98. The first-order valence-corrected chi connectivity index (χ1v) is 3.96. The molecule has 4 nitrogen and oxygen atoms in total. The van der Waals surface area contributed by atoms with E-state index in [2.05, 4.69) is 0 Å². The van der Waals surface area contributed by atoms with Crippen LogP contribution in [0.3, 0.4) is 0 Å². The predicted octanol–water partition coefficient (Wildman–Crippen LogP) is 1.22. The van der Waals surface area contributed by atoms with Crippen molar-refractivity contribution in [1.29, 1.82) is 10.5 Å². The maximum absolute atomic E-state index is 8.68. The lowest BCUT2D eigenvalue weighted by molar-refractivity contribution is 0.411. The predicted molar refractivity (Wildman–Crippen MR) is 51.4 cm³/mol. The van der Waals surface area contributed by atoms with E-state index in [0.717, 1.165) is 0 Å². The van der Waals surface area contributed by atoms with Gasteiger partial charge in [0.15, 0.2) is 0 Å². The molecule has 0 amide bonds. The number of nitrogen functional groups attached to an aromatic ring is 1. The molecule has 70 valence electrons. The van der Waals surface area contributed by atoms with E-state index in [0.29, 0.717) is 22.6 Å². The van der Waals surface area contributed by atoms with Crippen LogP contribution in [0.5, 0.6) is 5.75 Å². The summed E-state index contributed by atoms with van der Waals surface area (Å²) in [5.41, 5.74) is 7.16. The largest absolute Gasteiger partial charge is 0.496 e. The maximum atomic E-state index is 8.68. The van der Waals surface area contributed by atoms with Crippen molar-refractivity contribution in [1.82, 2.24) is 0 Å². The minimum atomic E-state index is 0.181. The van der Waals surface area contributed by atoms with Crippen LogP contribution in [0.2, 0.25) is 0 Å². The minimum Gasteiger partial charge on any atom is -0.496 e. The number of nitrogens with zero attached hydrogens (tertiary/aromatic N) is 2. The average molecular weight is 187 g/mol. The van der Waals surface area contributed by atoms with Crippen molar-refractivity contribution >= 4 is 5.69 Å². The number of ether oxygens (including phenoxy) is 1. The van der Waals surface area contributed by atoms with Gasteiger partial charge in [0, 0.05) is 11.3 Å². The van der Waals surface area contributed by atoms with Crippen LogP contribution in [0.1, 0.15) is 11.1 Å². The van der Waals surface area contributed by atoms with Crippen molar-refractivity contribution in [3.8, 4) is 17.9 Å². The van der Waals surface area contributed by atoms with Gasteiger partial charge in [0.25, 0.3) is 0 Å². The molecule has 0 aliphatic heterocycles. The Morgan fingerprint density at radius 2 is 2.14 bits per heavy atom. The molecule has 0 atom stereocenters. The van der Waals surface area contributed by atoms with Crippen molar-refractivity contribution in [3.05, 3.63) is 23.3 Å². The van der Waals surface area contributed by atoms with Crippen molar-refractivity contribution in [2.24, 2.45) is 0 Å². The second kappa shape index (κ2) is 4.15. The lowest BCUT2D eigenvalue weighted by Gasteiger charge is -2.08. The van der Waals surface area contributed by atoms with Crippen LogP contribution in [0, 0.1) is 22.7 Å². The van der Waals surface area contributed by atoms with Crippen LogP contribution >= 0.6 is 0 Å². The zero-order valence-corrected chi connectivity index (χ0v) is 7.74. The maximum Gasteiger partial charge on any atom is 0.126 e. The van der Waals surface area contributed by atoms with Gasteiger partial charge in [-0.2, -0.15) is 10.5 Å². The fourth-order valence-electron chi connectivity index (χ4n) is 1.18. The highest BCUT2D eigenvalue weighted by atomic mass is 16.5. The van der Waals surface area contributed by atoms with Crippen molar-refractivity contribution < 1.29 is 4.74 Å². The molecule has 1 aromatic rings. The fourth-order valence-corrected chi connectivity index (χ4v) is 1.18. The molecule has 0 aliphatic carbocycles. The number of nitrogens with two attached hydrogens (primary N) is 1. The van der Waals surface area contributed by atoms with Gasteiger partial charge < -0.3 is 10.5 Å². The molecule has 0 fully saturated rings. The third kappa shape index (κ3) is 1.75. The molecular formula is C10H9N3O. The molecule has 0 aliphatic rings. The first-order chi connectivity index (χ1) is 6.72. The number of anilines is 1. The normalized spacial score (nSPS) is 8.79. The first-order valence-electron chi connectivity index (χ1n) is 3.96. The van der Waals surface area contributed by atoms with E-state index < -0.39 is 0 Å². The van der Waals surface area contributed by atoms with Gasteiger partial charge in [-0.15, -0.1) is 0 Å². The van der Waals surface area contributed by atoms with Crippen molar-refractivity contribution in [2.45, 2.75) is 6.42 Å². The molecule has 0 saturated carbocycles. The quantitative estimate of drug-likeness (QED) is 0.705. The van der Waals surface area contributed by atoms with Gasteiger partial charge in [0.05, 0.1) is 31.2 Å². The standard InChI is InChI=1S/C10H9N3O/c1-14-10-5-7(6-12)4-9(13)8(10)2-3-11/h4-5H,2,13H2,1H3. The van der Waals surface area contributed by atoms with Crippen LogP contribution in [-0.2, 0) is 6.42 Å². The molecule has 0 aromatic heterocycles. The van der Waals surface area contributed by atoms with Gasteiger partial charge >= 0.3 is 0 Å². The van der Waals surface area contributed by atoms with Gasteiger partial charge in [0.1, 0.15) is 5.75 Å². The summed E-state index contributed by atoms with van der Waals surface area (Å²) in [6, 6.07) is 7.07. The molecule has 4 heteroatoms. The van der Waals surface area contributed by atoms with E-state index in [4.69, 9.17) is 21.0 Å². The van der Waals surface area contributed by atoms with E-state index in [-0.39, 0.29) is 6.42 Å². The number of benzene rings is 1. The summed E-state index contributed by atoms with van der Waals surface area (Å²) >= 11 is 0. The summed E-state index contributed by atoms with van der Waals surface area (Å²) < 4.78 is 5.04. The number of hydrogen-bond donors (Lipinski definition) is 1. The monoisotopic (exact) mass is 187 g/mol. The van der Waals surface area contributed by atoms with Crippen LogP contribution in [0.25, 0.3) is 0 Å². The molecule has 0 spiro atoms. The number of hydrogen-bond acceptors (Lipinski definition) is 4. The van der Waals surface area contributed by atoms with Gasteiger partial charge in [-0.3, -0.25) is 0 Å². The molecule has 0 saturated heterocycles. The Balaban J connectivity index is 3.30. The molecule has 1 aromatic carbocycles. The van der Waals surface area contributed by atoms with E-state index >= 15 is 0 Å².